The lowest BCUT2D eigenvalue weighted by atomic mass is 10.6. The molecule has 0 amide bonds. The lowest BCUT2D eigenvalue weighted by Crippen LogP contribution is -2.13. The molecular weight excluding hydrogens is 332 g/mol. The summed E-state index contributed by atoms with van der Waals surface area (Å²) in [6.45, 7) is 3.01. The van der Waals surface area contributed by atoms with Gasteiger partial charge in [-0.05, 0) is 15.9 Å². The summed E-state index contributed by atoms with van der Waals surface area (Å²) in [6, 6.07) is 0.255. The number of hydrogen-bond donors (Lipinski definition) is 0. The van der Waals surface area contributed by atoms with Crippen molar-refractivity contribution in [2.24, 2.45) is 0 Å². The third-order valence-corrected chi connectivity index (χ3v) is 2.69. The van der Waals surface area contributed by atoms with Gasteiger partial charge >= 0.3 is 6.01 Å². The molecule has 0 radical (unpaired) electrons. The molecule has 0 bridgehead atoms. The highest BCUT2D eigenvalue weighted by Gasteiger charge is 2.05. The third-order valence-electron chi connectivity index (χ3n) is 2.15. The van der Waals surface area contributed by atoms with Crippen LogP contribution in [0.15, 0.2) is 10.7 Å². The van der Waals surface area contributed by atoms with Crippen LogP contribution in [0.4, 0.5) is 0 Å². The second-order valence-electron chi connectivity index (χ2n) is 3.58. The van der Waals surface area contributed by atoms with Gasteiger partial charge in [0.1, 0.15) is 6.61 Å². The molecule has 1 aromatic heterocycles. The van der Waals surface area contributed by atoms with Gasteiger partial charge in [0.05, 0.1) is 50.8 Å². The van der Waals surface area contributed by atoms with Crippen molar-refractivity contribution in [3.63, 3.8) is 0 Å². The van der Waals surface area contributed by atoms with Crippen molar-refractivity contribution in [3.8, 4) is 11.9 Å². The van der Waals surface area contributed by atoms with Gasteiger partial charge in [0, 0.05) is 7.11 Å². The fourth-order valence-corrected chi connectivity index (χ4v) is 1.56. The Bertz CT molecular complexity index is 381. The molecular formula is C12H19BrN2O5. The van der Waals surface area contributed by atoms with Crippen molar-refractivity contribution in [2.75, 3.05) is 53.9 Å². The number of hydrogen-bond acceptors (Lipinski definition) is 7. The quantitative estimate of drug-likeness (QED) is 0.557. The first kappa shape index (κ1) is 17.1. The highest BCUT2D eigenvalue weighted by Crippen LogP contribution is 2.22. The van der Waals surface area contributed by atoms with E-state index in [0.717, 1.165) is 0 Å². The average molecular weight is 351 g/mol. The van der Waals surface area contributed by atoms with E-state index in [-0.39, 0.29) is 6.01 Å². The smallest absolute Gasteiger partial charge is 0.319 e. The molecule has 0 aliphatic heterocycles. The van der Waals surface area contributed by atoms with Crippen LogP contribution in [0.1, 0.15) is 0 Å². The van der Waals surface area contributed by atoms with Crippen molar-refractivity contribution in [2.45, 2.75) is 0 Å². The van der Waals surface area contributed by atoms with E-state index in [0.29, 0.717) is 50.0 Å². The molecule has 0 atom stereocenters. The number of nitrogens with zero attached hydrogens (tertiary/aromatic N) is 2. The van der Waals surface area contributed by atoms with Crippen molar-refractivity contribution >= 4 is 15.9 Å². The molecule has 1 heterocycles. The fraction of sp³-hybridized carbons (Fsp3) is 0.667. The Morgan fingerprint density at radius 2 is 1.65 bits per heavy atom. The molecule has 20 heavy (non-hydrogen) atoms. The van der Waals surface area contributed by atoms with E-state index in [1.54, 1.807) is 13.3 Å². The van der Waals surface area contributed by atoms with Crippen molar-refractivity contribution < 1.29 is 23.7 Å². The van der Waals surface area contributed by atoms with Crippen molar-refractivity contribution in [1.29, 1.82) is 0 Å². The zero-order valence-electron chi connectivity index (χ0n) is 11.6. The molecule has 0 unspecified atom stereocenters. The fourth-order valence-electron chi connectivity index (χ4n) is 1.21. The van der Waals surface area contributed by atoms with Gasteiger partial charge in [0.2, 0.25) is 5.88 Å². The van der Waals surface area contributed by atoms with Gasteiger partial charge in [-0.3, -0.25) is 0 Å². The van der Waals surface area contributed by atoms with Gasteiger partial charge < -0.3 is 23.7 Å². The van der Waals surface area contributed by atoms with Crippen LogP contribution in [0.25, 0.3) is 0 Å². The predicted octanol–water partition coefficient (Wildman–Crippen LogP) is 1.31. The summed E-state index contributed by atoms with van der Waals surface area (Å²) < 4.78 is 26.5. The standard InChI is InChI=1S/C12H19BrN2O5/c1-16-3-4-18-5-6-19-7-8-20-12-14-9-10(13)11(15-12)17-2/h9H,3-8H2,1-2H3. The molecule has 0 saturated carbocycles. The number of rotatable bonds is 11. The number of aromatic nitrogens is 2. The Morgan fingerprint density at radius 3 is 2.30 bits per heavy atom. The zero-order valence-corrected chi connectivity index (χ0v) is 13.2. The van der Waals surface area contributed by atoms with Crippen molar-refractivity contribution in [1.82, 2.24) is 9.97 Å². The van der Waals surface area contributed by atoms with Crippen LogP contribution in [-0.4, -0.2) is 63.8 Å². The summed E-state index contributed by atoms with van der Waals surface area (Å²) >= 11 is 3.27. The molecule has 1 aromatic rings. The maximum atomic E-state index is 5.34. The van der Waals surface area contributed by atoms with Gasteiger partial charge in [0.15, 0.2) is 0 Å². The molecule has 8 heteroatoms. The molecule has 0 aliphatic rings. The minimum atomic E-state index is 0.255. The highest BCUT2D eigenvalue weighted by molar-refractivity contribution is 9.10. The van der Waals surface area contributed by atoms with Gasteiger partial charge in [-0.25, -0.2) is 4.98 Å². The van der Waals surface area contributed by atoms with Crippen LogP contribution in [0.2, 0.25) is 0 Å². The molecule has 7 nitrogen and oxygen atoms in total. The summed E-state index contributed by atoms with van der Waals surface area (Å²) in [5.74, 6) is 0.433. The maximum absolute atomic E-state index is 5.34. The summed E-state index contributed by atoms with van der Waals surface area (Å²) in [5.41, 5.74) is 0. The minimum absolute atomic E-state index is 0.255. The van der Waals surface area contributed by atoms with Crippen molar-refractivity contribution in [3.05, 3.63) is 10.7 Å². The van der Waals surface area contributed by atoms with Gasteiger partial charge in [-0.2, -0.15) is 4.98 Å². The van der Waals surface area contributed by atoms with E-state index in [4.69, 9.17) is 23.7 Å². The zero-order chi connectivity index (χ0) is 14.6. The lowest BCUT2D eigenvalue weighted by molar-refractivity contribution is 0.0172. The van der Waals surface area contributed by atoms with Crippen LogP contribution in [0.3, 0.4) is 0 Å². The number of halogens is 1. The van der Waals surface area contributed by atoms with E-state index in [2.05, 4.69) is 25.9 Å². The Labute approximate surface area is 126 Å². The van der Waals surface area contributed by atoms with Gasteiger partial charge in [-0.1, -0.05) is 0 Å². The molecule has 0 saturated heterocycles. The Balaban J connectivity index is 2.06. The molecule has 0 N–H and O–H groups in total. The van der Waals surface area contributed by atoms with Crippen LogP contribution >= 0.6 is 15.9 Å². The monoisotopic (exact) mass is 350 g/mol. The predicted molar refractivity (Wildman–Crippen MR) is 75.3 cm³/mol. The Kier molecular flexibility index (Phi) is 9.22. The molecule has 0 fully saturated rings. The second-order valence-corrected chi connectivity index (χ2v) is 4.43. The summed E-state index contributed by atoms with van der Waals surface area (Å²) in [7, 11) is 3.17. The second kappa shape index (κ2) is 10.8. The number of ether oxygens (including phenoxy) is 5. The van der Waals surface area contributed by atoms with E-state index < -0.39 is 0 Å². The molecule has 1 rings (SSSR count). The minimum Gasteiger partial charge on any atom is -0.480 e. The summed E-state index contributed by atoms with van der Waals surface area (Å²) in [5, 5.41) is 0. The summed E-state index contributed by atoms with van der Waals surface area (Å²) in [6.07, 6.45) is 1.58. The first-order chi connectivity index (χ1) is 9.77. The van der Waals surface area contributed by atoms with Crippen LogP contribution in [0.5, 0.6) is 11.9 Å². The van der Waals surface area contributed by atoms with Crippen LogP contribution in [0, 0.1) is 0 Å². The third kappa shape index (κ3) is 6.99. The first-order valence-corrected chi connectivity index (χ1v) is 6.91. The average Bonchev–Trinajstić information content (AvgIpc) is 2.47. The largest absolute Gasteiger partial charge is 0.480 e. The highest BCUT2D eigenvalue weighted by atomic mass is 79.9. The van der Waals surface area contributed by atoms with E-state index >= 15 is 0 Å². The maximum Gasteiger partial charge on any atom is 0.319 e. The summed E-state index contributed by atoms with van der Waals surface area (Å²) in [4.78, 5) is 8.06. The lowest BCUT2D eigenvalue weighted by Gasteiger charge is -2.07. The van der Waals surface area contributed by atoms with E-state index in [1.807, 2.05) is 0 Å². The Morgan fingerprint density at radius 1 is 1.00 bits per heavy atom. The van der Waals surface area contributed by atoms with Gasteiger partial charge in [0.25, 0.3) is 0 Å². The molecule has 0 aromatic carbocycles. The SMILES string of the molecule is COCCOCCOCCOc1ncc(Br)c(OC)n1. The Hall–Kier alpha value is -0.960. The molecule has 0 aliphatic carbocycles. The first-order valence-electron chi connectivity index (χ1n) is 6.11. The number of methoxy groups -OCH3 is 2. The topological polar surface area (TPSA) is 71.9 Å². The normalized spacial score (nSPS) is 10.6. The van der Waals surface area contributed by atoms with Crippen LogP contribution < -0.4 is 9.47 Å². The molecule has 0 spiro atoms. The van der Waals surface area contributed by atoms with Crippen LogP contribution in [-0.2, 0) is 14.2 Å². The molecule has 114 valence electrons. The van der Waals surface area contributed by atoms with E-state index in [9.17, 15) is 0 Å². The van der Waals surface area contributed by atoms with Gasteiger partial charge in [-0.15, -0.1) is 0 Å². The van der Waals surface area contributed by atoms with E-state index in [1.165, 1.54) is 7.11 Å².